The van der Waals surface area contributed by atoms with Crippen LogP contribution in [0.15, 0.2) is 24.3 Å². The van der Waals surface area contributed by atoms with Crippen molar-refractivity contribution in [2.75, 3.05) is 39.4 Å². The van der Waals surface area contributed by atoms with E-state index in [9.17, 15) is 4.79 Å². The van der Waals surface area contributed by atoms with Crippen LogP contribution < -0.4 is 10.1 Å². The summed E-state index contributed by atoms with van der Waals surface area (Å²) < 4.78 is 11.2. The Bertz CT molecular complexity index is 488. The molecule has 2 rings (SSSR count). The lowest BCUT2D eigenvalue weighted by Gasteiger charge is -2.33. The van der Waals surface area contributed by atoms with Crippen molar-refractivity contribution in [2.24, 2.45) is 5.92 Å². The van der Waals surface area contributed by atoms with Crippen LogP contribution in [-0.2, 0) is 9.53 Å². The summed E-state index contributed by atoms with van der Waals surface area (Å²) in [6.45, 7) is 10.7. The lowest BCUT2D eigenvalue weighted by Crippen LogP contribution is -2.48. The topological polar surface area (TPSA) is 50.8 Å². The molecule has 0 aromatic heterocycles. The predicted molar refractivity (Wildman–Crippen MR) is 90.7 cm³/mol. The first-order chi connectivity index (χ1) is 11.0. The van der Waals surface area contributed by atoms with E-state index in [0.717, 1.165) is 26.2 Å². The van der Waals surface area contributed by atoms with Crippen LogP contribution in [0.3, 0.4) is 0 Å². The molecule has 1 unspecified atom stereocenters. The zero-order valence-corrected chi connectivity index (χ0v) is 14.4. The van der Waals surface area contributed by atoms with Crippen LogP contribution >= 0.6 is 0 Å². The number of aryl methyl sites for hydroxylation is 1. The van der Waals surface area contributed by atoms with Crippen molar-refractivity contribution >= 4 is 5.91 Å². The Morgan fingerprint density at radius 1 is 1.39 bits per heavy atom. The molecule has 1 N–H and O–H groups in total. The molecular formula is C18H28N2O3. The summed E-state index contributed by atoms with van der Waals surface area (Å²) >= 11 is 0. The summed E-state index contributed by atoms with van der Waals surface area (Å²) in [7, 11) is 0. The Morgan fingerprint density at radius 3 is 2.83 bits per heavy atom. The molecule has 0 saturated carbocycles. The minimum absolute atomic E-state index is 0.0332. The van der Waals surface area contributed by atoms with Crippen molar-refractivity contribution in [3.05, 3.63) is 29.8 Å². The molecule has 1 heterocycles. The van der Waals surface area contributed by atoms with E-state index >= 15 is 0 Å². The van der Waals surface area contributed by atoms with Crippen LogP contribution in [0.2, 0.25) is 0 Å². The number of benzene rings is 1. The van der Waals surface area contributed by atoms with E-state index in [-0.39, 0.29) is 18.6 Å². The maximum absolute atomic E-state index is 11.9. The van der Waals surface area contributed by atoms with Crippen LogP contribution in [0.1, 0.15) is 19.4 Å². The molecule has 1 aromatic carbocycles. The molecule has 1 fully saturated rings. The van der Waals surface area contributed by atoms with E-state index in [1.54, 1.807) is 0 Å². The van der Waals surface area contributed by atoms with Gasteiger partial charge in [-0.05, 0) is 25.0 Å². The molecule has 1 atom stereocenters. The van der Waals surface area contributed by atoms with Gasteiger partial charge >= 0.3 is 0 Å². The molecule has 1 saturated heterocycles. The molecular weight excluding hydrogens is 292 g/mol. The lowest BCUT2D eigenvalue weighted by molar-refractivity contribution is -0.124. The molecule has 5 heteroatoms. The Hall–Kier alpha value is -1.59. The van der Waals surface area contributed by atoms with Gasteiger partial charge in [-0.2, -0.15) is 0 Å². The normalized spacial score (nSPS) is 18.9. The highest BCUT2D eigenvalue weighted by molar-refractivity contribution is 5.77. The molecule has 1 aliphatic rings. The fourth-order valence-corrected chi connectivity index (χ4v) is 2.65. The summed E-state index contributed by atoms with van der Waals surface area (Å²) in [5.41, 5.74) is 1.17. The summed E-state index contributed by atoms with van der Waals surface area (Å²) in [4.78, 5) is 14.3. The third-order valence-electron chi connectivity index (χ3n) is 3.76. The first kappa shape index (κ1) is 17.8. The van der Waals surface area contributed by atoms with Crippen molar-refractivity contribution in [2.45, 2.75) is 26.9 Å². The van der Waals surface area contributed by atoms with Crippen LogP contribution in [-0.4, -0.2) is 56.3 Å². The zero-order chi connectivity index (χ0) is 16.7. The molecule has 0 spiro atoms. The smallest absolute Gasteiger partial charge is 0.258 e. The Balaban J connectivity index is 1.66. The highest BCUT2D eigenvalue weighted by Gasteiger charge is 2.21. The Kier molecular flexibility index (Phi) is 6.86. The van der Waals surface area contributed by atoms with Gasteiger partial charge in [-0.3, -0.25) is 9.69 Å². The van der Waals surface area contributed by atoms with E-state index in [1.165, 1.54) is 5.56 Å². The summed E-state index contributed by atoms with van der Waals surface area (Å²) in [5.74, 6) is 1.24. The first-order valence-corrected chi connectivity index (χ1v) is 8.33. The number of rotatable bonds is 7. The average Bonchev–Trinajstić information content (AvgIpc) is 2.52. The fourth-order valence-electron chi connectivity index (χ4n) is 2.65. The summed E-state index contributed by atoms with van der Waals surface area (Å²) in [6, 6.07) is 7.67. The van der Waals surface area contributed by atoms with E-state index in [2.05, 4.69) is 24.1 Å². The van der Waals surface area contributed by atoms with Gasteiger partial charge < -0.3 is 14.8 Å². The molecule has 0 aliphatic carbocycles. The minimum Gasteiger partial charge on any atom is -0.484 e. The van der Waals surface area contributed by atoms with Crippen LogP contribution in [0, 0.1) is 12.8 Å². The molecule has 0 radical (unpaired) electrons. The maximum Gasteiger partial charge on any atom is 0.258 e. The monoisotopic (exact) mass is 320 g/mol. The Morgan fingerprint density at radius 2 is 2.13 bits per heavy atom. The van der Waals surface area contributed by atoms with Crippen LogP contribution in [0.4, 0.5) is 0 Å². The summed E-state index contributed by atoms with van der Waals surface area (Å²) in [6.07, 6.45) is 0.0609. The van der Waals surface area contributed by atoms with Crippen LogP contribution in [0.25, 0.3) is 0 Å². The summed E-state index contributed by atoms with van der Waals surface area (Å²) in [5, 5.41) is 2.89. The van der Waals surface area contributed by atoms with Gasteiger partial charge in [0.05, 0.1) is 12.7 Å². The first-order valence-electron chi connectivity index (χ1n) is 8.33. The number of nitrogens with one attached hydrogen (secondary N) is 1. The molecule has 1 aliphatic heterocycles. The maximum atomic E-state index is 11.9. The van der Waals surface area contributed by atoms with Crippen molar-refractivity contribution in [1.82, 2.24) is 10.2 Å². The van der Waals surface area contributed by atoms with Crippen LogP contribution in [0.5, 0.6) is 5.75 Å². The van der Waals surface area contributed by atoms with Gasteiger partial charge in [0.25, 0.3) is 5.91 Å². The van der Waals surface area contributed by atoms with Crippen molar-refractivity contribution in [1.29, 1.82) is 0 Å². The number of ether oxygens (including phenoxy) is 2. The largest absolute Gasteiger partial charge is 0.484 e. The zero-order valence-electron chi connectivity index (χ0n) is 14.4. The molecule has 1 amide bonds. The molecule has 23 heavy (non-hydrogen) atoms. The lowest BCUT2D eigenvalue weighted by atomic mass is 10.2. The van der Waals surface area contributed by atoms with Gasteiger partial charge in [0.15, 0.2) is 6.61 Å². The number of morpholine rings is 1. The second-order valence-corrected chi connectivity index (χ2v) is 6.55. The van der Waals surface area contributed by atoms with Gasteiger partial charge in [-0.1, -0.05) is 31.5 Å². The third kappa shape index (κ3) is 6.59. The van der Waals surface area contributed by atoms with Crippen molar-refractivity contribution in [3.63, 3.8) is 0 Å². The van der Waals surface area contributed by atoms with E-state index in [4.69, 9.17) is 9.47 Å². The van der Waals surface area contributed by atoms with E-state index in [1.807, 2.05) is 31.2 Å². The van der Waals surface area contributed by atoms with Crippen molar-refractivity contribution < 1.29 is 14.3 Å². The highest BCUT2D eigenvalue weighted by atomic mass is 16.5. The molecule has 128 valence electrons. The SMILES string of the molecule is Cc1ccc(OCC(=O)NCC2CN(CC(C)C)CCO2)cc1. The van der Waals surface area contributed by atoms with Gasteiger partial charge in [0.1, 0.15) is 5.75 Å². The number of nitrogens with zero attached hydrogens (tertiary/aromatic N) is 1. The Labute approximate surface area is 139 Å². The van der Waals surface area contributed by atoms with Gasteiger partial charge in [0.2, 0.25) is 0 Å². The van der Waals surface area contributed by atoms with Gasteiger partial charge in [-0.25, -0.2) is 0 Å². The molecule has 5 nitrogen and oxygen atoms in total. The number of carbonyl (C=O) groups excluding carboxylic acids is 1. The second-order valence-electron chi connectivity index (χ2n) is 6.55. The van der Waals surface area contributed by atoms with E-state index in [0.29, 0.717) is 18.2 Å². The number of amides is 1. The number of carbonyl (C=O) groups is 1. The standard InChI is InChI=1S/C18H28N2O3/c1-14(2)11-20-8-9-22-17(12-20)10-19-18(21)13-23-16-6-4-15(3)5-7-16/h4-7,14,17H,8-13H2,1-3H3,(H,19,21). The third-order valence-corrected chi connectivity index (χ3v) is 3.76. The fraction of sp³-hybridized carbons (Fsp3) is 0.611. The highest BCUT2D eigenvalue weighted by Crippen LogP contribution is 2.11. The molecule has 0 bridgehead atoms. The quantitative estimate of drug-likeness (QED) is 0.833. The minimum atomic E-state index is -0.116. The number of hydrogen-bond donors (Lipinski definition) is 1. The molecule has 1 aromatic rings. The van der Waals surface area contributed by atoms with Crippen molar-refractivity contribution in [3.8, 4) is 5.75 Å². The predicted octanol–water partition coefficient (Wildman–Crippen LogP) is 1.85. The average molecular weight is 320 g/mol. The number of hydrogen-bond acceptors (Lipinski definition) is 4. The van der Waals surface area contributed by atoms with E-state index < -0.39 is 0 Å². The van der Waals surface area contributed by atoms with Gasteiger partial charge in [0, 0.05) is 26.2 Å². The second kappa shape index (κ2) is 8.89. The van der Waals surface area contributed by atoms with Gasteiger partial charge in [-0.15, -0.1) is 0 Å².